The zero-order valence-electron chi connectivity index (χ0n) is 17.6. The van der Waals surface area contributed by atoms with E-state index in [0.29, 0.717) is 28.6 Å². The summed E-state index contributed by atoms with van der Waals surface area (Å²) in [5, 5.41) is -0.361. The third-order valence-electron chi connectivity index (χ3n) is 4.90. The molecule has 0 unspecified atom stereocenters. The molecule has 8 heteroatoms. The molecule has 2 amide bonds. The van der Waals surface area contributed by atoms with Gasteiger partial charge in [-0.2, -0.15) is 0 Å². The zero-order valence-corrected chi connectivity index (χ0v) is 20.6. The lowest BCUT2D eigenvalue weighted by Crippen LogP contribution is -2.27. The first-order valence-corrected chi connectivity index (χ1v) is 11.9. The van der Waals surface area contributed by atoms with Gasteiger partial charge in [-0.1, -0.05) is 42.5 Å². The van der Waals surface area contributed by atoms with Crippen molar-refractivity contribution in [3.8, 4) is 11.5 Å². The lowest BCUT2D eigenvalue weighted by molar-refractivity contribution is -0.123. The predicted octanol–water partition coefficient (Wildman–Crippen LogP) is 6.25. The minimum absolute atomic E-state index is 0.0927. The number of imide groups is 1. The lowest BCUT2D eigenvalue weighted by Gasteiger charge is -2.14. The van der Waals surface area contributed by atoms with Crippen LogP contribution in [0, 0.1) is 9.39 Å². The van der Waals surface area contributed by atoms with Gasteiger partial charge in [-0.3, -0.25) is 14.5 Å². The normalized spacial score (nSPS) is 14.8. The number of thioether (sulfide) groups is 1. The van der Waals surface area contributed by atoms with Crippen LogP contribution in [0.15, 0.2) is 71.6 Å². The van der Waals surface area contributed by atoms with Crippen molar-refractivity contribution in [1.82, 2.24) is 4.90 Å². The number of benzene rings is 3. The van der Waals surface area contributed by atoms with Gasteiger partial charge in [0.05, 0.1) is 22.1 Å². The number of rotatable bonds is 7. The third kappa shape index (κ3) is 5.56. The maximum atomic E-state index is 13.1. The number of ether oxygens (including phenoxy) is 2. The Hall–Kier alpha value is -2.85. The number of halogens is 2. The molecule has 5 nitrogen and oxygen atoms in total. The van der Waals surface area contributed by atoms with Gasteiger partial charge < -0.3 is 9.47 Å². The van der Waals surface area contributed by atoms with Gasteiger partial charge in [0.1, 0.15) is 12.4 Å². The molecular formula is C25H19FINO4S. The van der Waals surface area contributed by atoms with Crippen molar-refractivity contribution in [2.45, 2.75) is 13.2 Å². The van der Waals surface area contributed by atoms with Crippen LogP contribution in [0.1, 0.15) is 16.7 Å². The highest BCUT2D eigenvalue weighted by Crippen LogP contribution is 2.38. The van der Waals surface area contributed by atoms with Crippen molar-refractivity contribution in [3.05, 3.63) is 97.7 Å². The van der Waals surface area contributed by atoms with E-state index in [9.17, 15) is 14.0 Å². The minimum atomic E-state index is -0.382. The Morgan fingerprint density at radius 2 is 1.76 bits per heavy atom. The number of carbonyl (C=O) groups is 2. The van der Waals surface area contributed by atoms with Crippen molar-refractivity contribution in [2.24, 2.45) is 0 Å². The first kappa shape index (κ1) is 23.3. The van der Waals surface area contributed by atoms with Gasteiger partial charge in [-0.15, -0.1) is 0 Å². The zero-order chi connectivity index (χ0) is 23.4. The number of methoxy groups -OCH3 is 1. The highest BCUT2D eigenvalue weighted by Gasteiger charge is 2.35. The summed E-state index contributed by atoms with van der Waals surface area (Å²) < 4.78 is 25.5. The summed E-state index contributed by atoms with van der Waals surface area (Å²) in [6.45, 7) is 0.490. The molecule has 0 N–H and O–H groups in total. The maximum Gasteiger partial charge on any atom is 0.293 e. The molecule has 0 atom stereocenters. The van der Waals surface area contributed by atoms with Crippen molar-refractivity contribution in [1.29, 1.82) is 0 Å². The summed E-state index contributed by atoms with van der Waals surface area (Å²) in [5.74, 6) is 0.401. The maximum absolute atomic E-state index is 13.1. The van der Waals surface area contributed by atoms with Crippen LogP contribution < -0.4 is 9.47 Å². The van der Waals surface area contributed by atoms with Gasteiger partial charge in [0.15, 0.2) is 11.5 Å². The molecule has 0 aliphatic carbocycles. The number of hydrogen-bond donors (Lipinski definition) is 0. The minimum Gasteiger partial charge on any atom is -0.493 e. The van der Waals surface area contributed by atoms with Crippen molar-refractivity contribution >= 4 is 51.6 Å². The first-order chi connectivity index (χ1) is 15.9. The molecule has 0 spiro atoms. The summed E-state index contributed by atoms with van der Waals surface area (Å²) in [4.78, 5) is 26.7. The van der Waals surface area contributed by atoms with Crippen LogP contribution in [-0.2, 0) is 17.9 Å². The van der Waals surface area contributed by atoms with E-state index in [0.717, 1.165) is 31.4 Å². The molecule has 3 aromatic rings. The van der Waals surface area contributed by atoms with E-state index >= 15 is 0 Å². The molecular weight excluding hydrogens is 556 g/mol. The van der Waals surface area contributed by atoms with Gasteiger partial charge in [0.2, 0.25) is 0 Å². The molecule has 1 heterocycles. The SMILES string of the molecule is COc1cc(/C=C2/SC(=O)N(Cc3ccc(F)cc3)C2=O)cc(I)c1OCc1ccccc1. The second kappa shape index (κ2) is 10.4. The summed E-state index contributed by atoms with van der Waals surface area (Å²) >= 11 is 3.04. The Kier molecular flexibility index (Phi) is 7.34. The smallest absolute Gasteiger partial charge is 0.293 e. The highest BCUT2D eigenvalue weighted by molar-refractivity contribution is 14.1. The Labute approximate surface area is 208 Å². The summed E-state index contributed by atoms with van der Waals surface area (Å²) in [6, 6.07) is 19.2. The highest BCUT2D eigenvalue weighted by atomic mass is 127. The Morgan fingerprint density at radius 3 is 2.45 bits per heavy atom. The van der Waals surface area contributed by atoms with E-state index in [1.54, 1.807) is 31.4 Å². The largest absolute Gasteiger partial charge is 0.493 e. The van der Waals surface area contributed by atoms with E-state index in [-0.39, 0.29) is 23.5 Å². The van der Waals surface area contributed by atoms with E-state index in [1.807, 2.05) is 36.4 Å². The average Bonchev–Trinajstić information content (AvgIpc) is 3.07. The second-order valence-corrected chi connectivity index (χ2v) is 9.36. The van der Waals surface area contributed by atoms with Crippen molar-refractivity contribution in [3.63, 3.8) is 0 Å². The Morgan fingerprint density at radius 1 is 1.03 bits per heavy atom. The topological polar surface area (TPSA) is 55.8 Å². The van der Waals surface area contributed by atoms with Crippen LogP contribution in [-0.4, -0.2) is 23.2 Å². The summed E-state index contributed by atoms with van der Waals surface area (Å²) in [5.41, 5.74) is 2.43. The molecule has 3 aromatic carbocycles. The monoisotopic (exact) mass is 575 g/mol. The Bertz CT molecular complexity index is 1220. The molecule has 1 fully saturated rings. The van der Waals surface area contributed by atoms with Crippen LogP contribution in [0.3, 0.4) is 0 Å². The van der Waals surface area contributed by atoms with Crippen molar-refractivity contribution < 1.29 is 23.5 Å². The van der Waals surface area contributed by atoms with Crippen LogP contribution in [0.5, 0.6) is 11.5 Å². The molecule has 1 aliphatic heterocycles. The van der Waals surface area contributed by atoms with Crippen LogP contribution in [0.4, 0.5) is 9.18 Å². The van der Waals surface area contributed by atoms with Gasteiger partial charge in [0.25, 0.3) is 11.1 Å². The van der Waals surface area contributed by atoms with Crippen LogP contribution in [0.25, 0.3) is 6.08 Å². The fraction of sp³-hybridized carbons (Fsp3) is 0.120. The number of hydrogen-bond acceptors (Lipinski definition) is 5. The number of carbonyl (C=O) groups excluding carboxylic acids is 2. The van der Waals surface area contributed by atoms with Gasteiger partial charge >= 0.3 is 0 Å². The van der Waals surface area contributed by atoms with Crippen molar-refractivity contribution in [2.75, 3.05) is 7.11 Å². The molecule has 0 aromatic heterocycles. The van der Waals surface area contributed by atoms with Gasteiger partial charge in [-0.25, -0.2) is 4.39 Å². The van der Waals surface area contributed by atoms with E-state index in [4.69, 9.17) is 9.47 Å². The lowest BCUT2D eigenvalue weighted by atomic mass is 10.1. The number of amides is 2. The fourth-order valence-electron chi connectivity index (χ4n) is 3.25. The van der Waals surface area contributed by atoms with E-state index < -0.39 is 0 Å². The summed E-state index contributed by atoms with van der Waals surface area (Å²) in [6.07, 6.45) is 1.67. The molecule has 4 rings (SSSR count). The molecule has 0 saturated carbocycles. The molecule has 1 aliphatic rings. The molecule has 0 bridgehead atoms. The average molecular weight is 575 g/mol. The number of nitrogens with zero attached hydrogens (tertiary/aromatic N) is 1. The van der Waals surface area contributed by atoms with Crippen LogP contribution in [0.2, 0.25) is 0 Å². The third-order valence-corrected chi connectivity index (χ3v) is 6.61. The standard InChI is InChI=1S/C25H19FINO4S/c1-31-21-12-18(11-20(27)23(21)32-15-17-5-3-2-4-6-17)13-22-24(29)28(25(30)33-22)14-16-7-9-19(26)10-8-16/h2-13H,14-15H2,1H3/b22-13+. The van der Waals surface area contributed by atoms with Crippen LogP contribution >= 0.6 is 34.4 Å². The molecule has 1 saturated heterocycles. The van der Waals surface area contributed by atoms with E-state index in [2.05, 4.69) is 22.6 Å². The van der Waals surface area contributed by atoms with Gasteiger partial charge in [0, 0.05) is 0 Å². The summed E-state index contributed by atoms with van der Waals surface area (Å²) in [7, 11) is 1.56. The Balaban J connectivity index is 1.53. The molecule has 0 radical (unpaired) electrons. The quantitative estimate of drug-likeness (QED) is 0.246. The predicted molar refractivity (Wildman–Crippen MR) is 134 cm³/mol. The second-order valence-electron chi connectivity index (χ2n) is 7.20. The molecule has 33 heavy (non-hydrogen) atoms. The van der Waals surface area contributed by atoms with Gasteiger partial charge in [-0.05, 0) is 81.4 Å². The fourth-order valence-corrected chi connectivity index (χ4v) is 4.87. The first-order valence-electron chi connectivity index (χ1n) is 9.98. The van der Waals surface area contributed by atoms with E-state index in [1.165, 1.54) is 12.1 Å². The molecule has 168 valence electrons.